The summed E-state index contributed by atoms with van der Waals surface area (Å²) in [5.41, 5.74) is 1.32. The monoisotopic (exact) mass is 301 g/mol. The maximum atomic E-state index is 4.19. The summed E-state index contributed by atoms with van der Waals surface area (Å²) in [4.78, 5) is 8.21. The molecule has 2 aromatic heterocycles. The first-order valence-corrected chi connectivity index (χ1v) is 8.65. The number of nitrogens with one attached hydrogen (secondary N) is 1. The summed E-state index contributed by atoms with van der Waals surface area (Å²) in [5.74, 6) is 0. The van der Waals surface area contributed by atoms with Crippen molar-refractivity contribution in [2.75, 3.05) is 19.6 Å². The van der Waals surface area contributed by atoms with Gasteiger partial charge in [0.2, 0.25) is 0 Å². The average molecular weight is 301 g/mol. The summed E-state index contributed by atoms with van der Waals surface area (Å²) in [6.07, 6.45) is 7.49. The van der Waals surface area contributed by atoms with E-state index in [0.717, 1.165) is 19.5 Å². The van der Waals surface area contributed by atoms with Gasteiger partial charge in [0.05, 0.1) is 0 Å². The molecule has 0 atom stereocenters. The van der Waals surface area contributed by atoms with E-state index >= 15 is 0 Å². The fourth-order valence-corrected chi connectivity index (χ4v) is 3.61. The highest BCUT2D eigenvalue weighted by Gasteiger charge is 2.18. The highest BCUT2D eigenvalue weighted by Crippen LogP contribution is 2.14. The fraction of sp³-hybridized carbons (Fsp3) is 0.471. The van der Waals surface area contributed by atoms with Crippen LogP contribution in [-0.4, -0.2) is 35.6 Å². The van der Waals surface area contributed by atoms with Crippen molar-refractivity contribution in [2.24, 2.45) is 0 Å². The van der Waals surface area contributed by atoms with Gasteiger partial charge in [-0.25, -0.2) is 0 Å². The number of thiophene rings is 1. The van der Waals surface area contributed by atoms with E-state index in [9.17, 15) is 0 Å². The van der Waals surface area contributed by atoms with Crippen LogP contribution in [0.15, 0.2) is 42.0 Å². The van der Waals surface area contributed by atoms with E-state index in [4.69, 9.17) is 0 Å². The van der Waals surface area contributed by atoms with Gasteiger partial charge in [-0.05, 0) is 55.4 Å². The maximum absolute atomic E-state index is 4.19. The van der Waals surface area contributed by atoms with Crippen LogP contribution in [0.3, 0.4) is 0 Å². The summed E-state index contributed by atoms with van der Waals surface area (Å²) in [6.45, 7) is 4.51. The van der Waals surface area contributed by atoms with Crippen molar-refractivity contribution in [3.05, 3.63) is 52.5 Å². The second kappa shape index (κ2) is 7.69. The van der Waals surface area contributed by atoms with E-state index in [0.29, 0.717) is 6.04 Å². The predicted molar refractivity (Wildman–Crippen MR) is 88.6 cm³/mol. The molecule has 0 aromatic carbocycles. The molecule has 0 spiro atoms. The minimum absolute atomic E-state index is 0.690. The Bertz CT molecular complexity index is 504. The minimum Gasteiger partial charge on any atom is -0.314 e. The van der Waals surface area contributed by atoms with Crippen molar-refractivity contribution in [1.82, 2.24) is 15.2 Å². The Labute approximate surface area is 131 Å². The zero-order chi connectivity index (χ0) is 14.3. The molecule has 112 valence electrons. The van der Waals surface area contributed by atoms with Crippen molar-refractivity contribution < 1.29 is 0 Å². The third kappa shape index (κ3) is 4.63. The molecular formula is C17H23N3S. The number of rotatable bonds is 6. The molecule has 1 saturated heterocycles. The van der Waals surface area contributed by atoms with Gasteiger partial charge in [0.15, 0.2) is 0 Å². The van der Waals surface area contributed by atoms with Gasteiger partial charge in [0, 0.05) is 36.4 Å². The Hall–Kier alpha value is -1.23. The summed E-state index contributed by atoms with van der Waals surface area (Å²) in [5, 5.41) is 5.87. The molecule has 1 N–H and O–H groups in total. The van der Waals surface area contributed by atoms with Gasteiger partial charge in [-0.1, -0.05) is 12.1 Å². The van der Waals surface area contributed by atoms with Crippen molar-refractivity contribution in [2.45, 2.75) is 31.8 Å². The molecule has 0 bridgehead atoms. The average Bonchev–Trinajstić information content (AvgIpc) is 3.03. The number of hydrogen-bond donors (Lipinski definition) is 1. The number of piperidine rings is 1. The lowest BCUT2D eigenvalue weighted by Gasteiger charge is -2.32. The Morgan fingerprint density at radius 2 is 2.14 bits per heavy atom. The number of hydrogen-bond acceptors (Lipinski definition) is 4. The molecule has 2 aromatic rings. The Balaban J connectivity index is 1.35. The van der Waals surface area contributed by atoms with Crippen LogP contribution in [0.25, 0.3) is 0 Å². The quantitative estimate of drug-likeness (QED) is 0.889. The second-order valence-corrected chi connectivity index (χ2v) is 6.73. The Kier molecular flexibility index (Phi) is 5.38. The highest BCUT2D eigenvalue weighted by atomic mass is 32.1. The zero-order valence-corrected chi connectivity index (χ0v) is 13.2. The van der Waals surface area contributed by atoms with E-state index in [1.165, 1.54) is 36.4 Å². The zero-order valence-electron chi connectivity index (χ0n) is 12.4. The van der Waals surface area contributed by atoms with Crippen molar-refractivity contribution in [3.63, 3.8) is 0 Å². The lowest BCUT2D eigenvalue weighted by molar-refractivity contribution is 0.191. The predicted octanol–water partition coefficient (Wildman–Crippen LogP) is 2.94. The molecule has 3 nitrogen and oxygen atoms in total. The number of likely N-dealkylation sites (tertiary alicyclic amines) is 1. The van der Waals surface area contributed by atoms with Gasteiger partial charge < -0.3 is 5.32 Å². The molecular weight excluding hydrogens is 278 g/mol. The molecule has 1 aliphatic rings. The first-order chi connectivity index (χ1) is 10.4. The molecule has 1 aliphatic heterocycles. The van der Waals surface area contributed by atoms with Gasteiger partial charge >= 0.3 is 0 Å². The number of aromatic nitrogens is 1. The van der Waals surface area contributed by atoms with Crippen molar-refractivity contribution in [1.29, 1.82) is 0 Å². The third-order valence-electron chi connectivity index (χ3n) is 4.10. The van der Waals surface area contributed by atoms with Crippen LogP contribution in [0.5, 0.6) is 0 Å². The molecule has 0 amide bonds. The molecule has 21 heavy (non-hydrogen) atoms. The molecule has 0 unspecified atom stereocenters. The normalized spacial score (nSPS) is 17.1. The van der Waals surface area contributed by atoms with E-state index in [1.807, 2.05) is 29.8 Å². The van der Waals surface area contributed by atoms with Gasteiger partial charge in [-0.3, -0.25) is 9.88 Å². The van der Waals surface area contributed by atoms with Gasteiger partial charge in [-0.15, -0.1) is 11.3 Å². The van der Waals surface area contributed by atoms with Gasteiger partial charge in [-0.2, -0.15) is 0 Å². The van der Waals surface area contributed by atoms with Gasteiger partial charge in [0.1, 0.15) is 0 Å². The highest BCUT2D eigenvalue weighted by molar-refractivity contribution is 7.09. The molecule has 3 rings (SSSR count). The minimum atomic E-state index is 0.690. The van der Waals surface area contributed by atoms with Crippen LogP contribution in [-0.2, 0) is 13.0 Å². The molecule has 1 fully saturated rings. The lowest BCUT2D eigenvalue weighted by Crippen LogP contribution is -2.42. The van der Waals surface area contributed by atoms with Crippen molar-refractivity contribution >= 4 is 11.3 Å². The first-order valence-electron chi connectivity index (χ1n) is 7.77. The van der Waals surface area contributed by atoms with Gasteiger partial charge in [0.25, 0.3) is 0 Å². The molecule has 0 radical (unpaired) electrons. The molecule has 0 saturated carbocycles. The summed E-state index contributed by atoms with van der Waals surface area (Å²) < 4.78 is 0. The Morgan fingerprint density at radius 1 is 1.24 bits per heavy atom. The molecule has 4 heteroatoms. The third-order valence-corrected chi connectivity index (χ3v) is 5.04. The summed E-state index contributed by atoms with van der Waals surface area (Å²) in [7, 11) is 0. The van der Waals surface area contributed by atoms with Crippen molar-refractivity contribution in [3.8, 4) is 0 Å². The van der Waals surface area contributed by atoms with Crippen LogP contribution < -0.4 is 5.32 Å². The number of pyridine rings is 1. The standard InChI is InChI=1S/C17H23N3S/c1-3-15(13-18-8-1)14-20-10-6-16(7-11-20)19-9-5-17-4-2-12-21-17/h1-4,8,12-13,16,19H,5-7,9-11,14H2. The van der Waals surface area contributed by atoms with E-state index in [-0.39, 0.29) is 0 Å². The topological polar surface area (TPSA) is 28.2 Å². The van der Waals surface area contributed by atoms with Crippen LogP contribution >= 0.6 is 11.3 Å². The first kappa shape index (κ1) is 14.7. The number of nitrogens with zero attached hydrogens (tertiary/aromatic N) is 2. The molecule has 0 aliphatic carbocycles. The second-order valence-electron chi connectivity index (χ2n) is 5.70. The lowest BCUT2D eigenvalue weighted by atomic mass is 10.0. The van der Waals surface area contributed by atoms with E-state index < -0.39 is 0 Å². The smallest absolute Gasteiger partial charge is 0.0312 e. The van der Waals surface area contributed by atoms with E-state index in [2.05, 4.69) is 38.8 Å². The van der Waals surface area contributed by atoms with E-state index in [1.54, 1.807) is 0 Å². The Morgan fingerprint density at radius 3 is 2.86 bits per heavy atom. The summed E-state index contributed by atoms with van der Waals surface area (Å²) >= 11 is 1.86. The van der Waals surface area contributed by atoms with Crippen LogP contribution in [0.4, 0.5) is 0 Å². The summed E-state index contributed by atoms with van der Waals surface area (Å²) in [6, 6.07) is 9.24. The van der Waals surface area contributed by atoms with Crippen LogP contribution in [0.2, 0.25) is 0 Å². The van der Waals surface area contributed by atoms with Crippen LogP contribution in [0, 0.1) is 0 Å². The SMILES string of the molecule is c1cncc(CN2CCC(NCCc3cccs3)CC2)c1. The maximum Gasteiger partial charge on any atom is 0.0312 e. The largest absolute Gasteiger partial charge is 0.314 e. The fourth-order valence-electron chi connectivity index (χ4n) is 2.90. The van der Waals surface area contributed by atoms with Crippen LogP contribution in [0.1, 0.15) is 23.3 Å². The molecule has 3 heterocycles.